The van der Waals surface area contributed by atoms with E-state index in [0.717, 1.165) is 29.9 Å². The monoisotopic (exact) mass is 874 g/mol. The fourth-order valence-electron chi connectivity index (χ4n) is 5.49. The Bertz CT molecular complexity index is 1520. The summed E-state index contributed by atoms with van der Waals surface area (Å²) in [6.45, 7) is 12.8. The highest BCUT2D eigenvalue weighted by Crippen LogP contribution is 2.49. The van der Waals surface area contributed by atoms with Gasteiger partial charge in [0.2, 0.25) is 0 Å². The van der Waals surface area contributed by atoms with E-state index in [2.05, 4.69) is 4.52 Å². The summed E-state index contributed by atoms with van der Waals surface area (Å²) in [6.07, 6.45) is -3.49. The van der Waals surface area contributed by atoms with Crippen molar-refractivity contribution in [3.63, 3.8) is 0 Å². The standard InChI is InChI=1S/C36H51O14P3.C4H10O/c1-5-47-52(41,48-6-2)25-31(38)22-44-34-17-11-28(12-18-34)36(27-9-15-33(16-10-27)43-21-30(37)24-46-51-40)29-13-19-35(20-14-29)45-23-32(39)26-53(42,49-7-3)50-8-4;1-3-5-4-2/h9-20,30-32,36-39H,5-8,21-26H2,1-4H3;3-4H2,1-2H3. The van der Waals surface area contributed by atoms with Gasteiger partial charge in [0.15, 0.2) is 0 Å². The largest absolute Gasteiger partial charge is 0.491 e. The molecule has 3 unspecified atom stereocenters. The lowest BCUT2D eigenvalue weighted by molar-refractivity contribution is 0.0671. The van der Waals surface area contributed by atoms with Crippen LogP contribution in [-0.2, 0) is 41.1 Å². The van der Waals surface area contributed by atoms with Gasteiger partial charge in [-0.1, -0.05) is 36.4 Å². The molecule has 3 aromatic carbocycles. The Labute approximate surface area is 344 Å². The van der Waals surface area contributed by atoms with Crippen LogP contribution in [-0.4, -0.2) is 112 Å². The van der Waals surface area contributed by atoms with Crippen LogP contribution in [0.3, 0.4) is 0 Å². The number of aliphatic hydroxyl groups excluding tert-OH is 3. The summed E-state index contributed by atoms with van der Waals surface area (Å²) in [6, 6.07) is 22.1. The van der Waals surface area contributed by atoms with Gasteiger partial charge in [0.25, 0.3) is 0 Å². The molecule has 3 rings (SSSR count). The zero-order valence-corrected chi connectivity index (χ0v) is 37.0. The van der Waals surface area contributed by atoms with Gasteiger partial charge in [0, 0.05) is 19.1 Å². The molecule has 0 radical (unpaired) electrons. The van der Waals surface area contributed by atoms with Gasteiger partial charge < -0.3 is 52.4 Å². The van der Waals surface area contributed by atoms with Crippen LogP contribution in [0.5, 0.6) is 17.2 Å². The molecule has 0 fully saturated rings. The van der Waals surface area contributed by atoms with E-state index in [-0.39, 0.29) is 71.1 Å². The Balaban J connectivity index is 0.00000218. The summed E-state index contributed by atoms with van der Waals surface area (Å²) < 4.78 is 84.0. The van der Waals surface area contributed by atoms with E-state index in [4.69, 9.17) is 37.0 Å². The van der Waals surface area contributed by atoms with Crippen LogP contribution >= 0.6 is 23.9 Å². The van der Waals surface area contributed by atoms with Gasteiger partial charge in [0.1, 0.15) is 43.2 Å². The van der Waals surface area contributed by atoms with Crippen molar-refractivity contribution in [1.29, 1.82) is 0 Å². The summed E-state index contributed by atoms with van der Waals surface area (Å²) in [5.74, 6) is 1.26. The predicted molar refractivity (Wildman–Crippen MR) is 222 cm³/mol. The Morgan fingerprint density at radius 2 is 0.793 bits per heavy atom. The molecular formula is C40H61O15P3. The molecule has 0 aromatic heterocycles. The molecule has 3 aromatic rings. The molecule has 0 aliphatic heterocycles. The second-order valence-corrected chi connectivity index (χ2v) is 17.1. The van der Waals surface area contributed by atoms with Gasteiger partial charge in [-0.05, 0) is 94.6 Å². The lowest BCUT2D eigenvalue weighted by Gasteiger charge is -2.22. The molecule has 0 saturated heterocycles. The lowest BCUT2D eigenvalue weighted by Crippen LogP contribution is -2.23. The van der Waals surface area contributed by atoms with E-state index in [1.165, 1.54) is 0 Å². The number of aliphatic hydroxyl groups is 3. The summed E-state index contributed by atoms with van der Waals surface area (Å²) in [5.41, 5.74) is 2.75. The van der Waals surface area contributed by atoms with Crippen LogP contribution in [0.2, 0.25) is 0 Å². The molecule has 3 atom stereocenters. The fourth-order valence-corrected chi connectivity index (χ4v) is 9.11. The number of hydrogen-bond acceptors (Lipinski definition) is 15. The van der Waals surface area contributed by atoms with Crippen molar-refractivity contribution in [2.24, 2.45) is 0 Å². The highest BCUT2D eigenvalue weighted by atomic mass is 31.2. The maximum absolute atomic E-state index is 12.8. The topological polar surface area (TPSA) is 195 Å². The molecule has 0 heterocycles. The molecule has 18 heteroatoms. The summed E-state index contributed by atoms with van der Waals surface area (Å²) >= 11 is 0. The molecule has 0 bridgehead atoms. The first kappa shape index (κ1) is 51.4. The summed E-state index contributed by atoms with van der Waals surface area (Å²) in [5, 5.41) is 31.0. The van der Waals surface area contributed by atoms with Crippen molar-refractivity contribution in [3.8, 4) is 17.2 Å². The molecular weight excluding hydrogens is 813 g/mol. The normalized spacial score (nSPS) is 13.9. The molecule has 0 amide bonds. The van der Waals surface area contributed by atoms with Gasteiger partial charge in [-0.3, -0.25) is 13.7 Å². The maximum Gasteiger partial charge on any atom is 0.333 e. The van der Waals surface area contributed by atoms with Gasteiger partial charge in [-0.25, -0.2) is 4.57 Å². The minimum atomic E-state index is -3.44. The SMILES string of the molecule is CCOCC.CCOP(=O)(CC(O)COc1ccc(C(c2ccc(OCC(O)COP=O)cc2)c2ccc(OCC(O)CP(=O)(OCC)OCC)cc2)cc1)OCC. The number of benzene rings is 3. The lowest BCUT2D eigenvalue weighted by atomic mass is 9.85. The Morgan fingerprint density at radius 3 is 1.05 bits per heavy atom. The third kappa shape index (κ3) is 19.5. The van der Waals surface area contributed by atoms with E-state index in [1.807, 2.05) is 50.2 Å². The minimum absolute atomic E-state index is 0.0474. The third-order valence-corrected chi connectivity index (χ3v) is 12.5. The van der Waals surface area contributed by atoms with Crippen LogP contribution in [0.4, 0.5) is 0 Å². The maximum atomic E-state index is 12.8. The first-order valence-electron chi connectivity index (χ1n) is 19.4. The van der Waals surface area contributed by atoms with E-state index in [1.54, 1.807) is 64.1 Å². The highest BCUT2D eigenvalue weighted by Gasteiger charge is 2.29. The van der Waals surface area contributed by atoms with E-state index < -0.39 is 42.2 Å². The predicted octanol–water partition coefficient (Wildman–Crippen LogP) is 7.88. The first-order valence-corrected chi connectivity index (χ1v) is 23.6. The smallest absolute Gasteiger partial charge is 0.333 e. The van der Waals surface area contributed by atoms with Crippen LogP contribution in [0, 0.1) is 0 Å². The molecule has 0 spiro atoms. The van der Waals surface area contributed by atoms with Crippen molar-refractivity contribution < 1.29 is 70.6 Å². The van der Waals surface area contributed by atoms with E-state index in [0.29, 0.717) is 17.2 Å². The number of ether oxygens (including phenoxy) is 4. The second-order valence-electron chi connectivity index (χ2n) is 12.4. The average molecular weight is 875 g/mol. The van der Waals surface area contributed by atoms with Gasteiger partial charge in [0.05, 0.1) is 57.6 Å². The van der Waals surface area contributed by atoms with Crippen molar-refractivity contribution in [1.82, 2.24) is 0 Å². The molecule has 15 nitrogen and oxygen atoms in total. The second kappa shape index (κ2) is 28.7. The third-order valence-electron chi connectivity index (χ3n) is 7.87. The van der Waals surface area contributed by atoms with Crippen molar-refractivity contribution in [2.45, 2.75) is 65.8 Å². The van der Waals surface area contributed by atoms with Gasteiger partial charge in [-0.15, -0.1) is 0 Å². The average Bonchev–Trinajstić information content (AvgIpc) is 3.20. The Kier molecular flexibility index (Phi) is 25.4. The first-order chi connectivity index (χ1) is 27.9. The quantitative estimate of drug-likeness (QED) is 0.0450. The molecule has 3 N–H and O–H groups in total. The zero-order valence-electron chi connectivity index (χ0n) is 34.3. The van der Waals surface area contributed by atoms with Gasteiger partial charge in [-0.2, -0.15) is 0 Å². The minimum Gasteiger partial charge on any atom is -0.491 e. The van der Waals surface area contributed by atoms with Crippen molar-refractivity contribution >= 4 is 23.9 Å². The van der Waals surface area contributed by atoms with E-state index in [9.17, 15) is 29.0 Å². The number of hydrogen-bond donors (Lipinski definition) is 3. The Hall–Kier alpha value is -2.74. The van der Waals surface area contributed by atoms with Crippen molar-refractivity contribution in [3.05, 3.63) is 89.5 Å². The van der Waals surface area contributed by atoms with E-state index >= 15 is 0 Å². The molecule has 326 valence electrons. The molecule has 0 aliphatic carbocycles. The van der Waals surface area contributed by atoms with Gasteiger partial charge >= 0.3 is 23.9 Å². The van der Waals surface area contributed by atoms with Crippen LogP contribution in [0.25, 0.3) is 0 Å². The van der Waals surface area contributed by atoms with Crippen LogP contribution in [0.1, 0.15) is 64.2 Å². The van der Waals surface area contributed by atoms with Crippen LogP contribution in [0.15, 0.2) is 72.8 Å². The Morgan fingerprint density at radius 1 is 0.483 bits per heavy atom. The van der Waals surface area contributed by atoms with Crippen LogP contribution < -0.4 is 14.2 Å². The zero-order chi connectivity index (χ0) is 42.8. The molecule has 0 aliphatic rings. The molecule has 58 heavy (non-hydrogen) atoms. The number of rotatable bonds is 29. The van der Waals surface area contributed by atoms with Crippen molar-refractivity contribution in [2.75, 3.05) is 78.4 Å². The highest BCUT2D eigenvalue weighted by molar-refractivity contribution is 7.54. The summed E-state index contributed by atoms with van der Waals surface area (Å²) in [7, 11) is -7.40. The summed E-state index contributed by atoms with van der Waals surface area (Å²) in [4.78, 5) is 0. The fraction of sp³-hybridized carbons (Fsp3) is 0.550. The molecule has 0 saturated carbocycles.